The van der Waals surface area contributed by atoms with Gasteiger partial charge in [-0.15, -0.1) is 0 Å². The van der Waals surface area contributed by atoms with Crippen LogP contribution in [0.25, 0.3) is 0 Å². The maximum atomic E-state index is 15.8. The second kappa shape index (κ2) is 11.4. The van der Waals surface area contributed by atoms with E-state index in [0.29, 0.717) is 37.9 Å². The standard InChI is InChI=1S/C38H48O6/c1-24(2)31-21-28-22-37(35-42-19-20-43-35)30-17-16-25(3)29(30)23-36(28,32(40)15-10-18-39)38(31,37)34(41)44-33(26-11-6-4-7-12-26)27-13-8-5-9-14-27/h4-9,11-14,21,24-25,28-30,32-33,35,39-40H,10,15-20,22-23H2,1-3H3/t25-,28?,29-,30-,32?,36?,37?,38?/m1/s1. The minimum atomic E-state index is -1.12. The number of rotatable bonds is 10. The van der Waals surface area contributed by atoms with Gasteiger partial charge in [0.1, 0.15) is 5.41 Å². The van der Waals surface area contributed by atoms with E-state index in [1.807, 2.05) is 60.7 Å². The lowest BCUT2D eigenvalue weighted by Gasteiger charge is -2.63. The number of fused-ring (bicyclic) bond motifs is 2. The van der Waals surface area contributed by atoms with Crippen molar-refractivity contribution >= 4 is 5.97 Å². The molecule has 5 aliphatic rings. The van der Waals surface area contributed by atoms with Crippen molar-refractivity contribution < 1.29 is 29.2 Å². The van der Waals surface area contributed by atoms with Gasteiger partial charge in [-0.25, -0.2) is 0 Å². The molecule has 6 nitrogen and oxygen atoms in total. The molecule has 0 aromatic heterocycles. The number of hydrogen-bond acceptors (Lipinski definition) is 6. The zero-order chi connectivity index (χ0) is 30.7. The third-order valence-electron chi connectivity index (χ3n) is 12.5. The summed E-state index contributed by atoms with van der Waals surface area (Å²) >= 11 is 0. The van der Waals surface area contributed by atoms with E-state index < -0.39 is 34.7 Å². The van der Waals surface area contributed by atoms with E-state index >= 15 is 4.79 Å². The van der Waals surface area contributed by atoms with Crippen LogP contribution < -0.4 is 0 Å². The molecule has 1 heterocycles. The quantitative estimate of drug-likeness (QED) is 0.240. The van der Waals surface area contributed by atoms with Crippen molar-refractivity contribution in [1.29, 1.82) is 0 Å². The maximum Gasteiger partial charge on any atom is 0.318 e. The molecule has 0 radical (unpaired) electrons. The van der Waals surface area contributed by atoms with Gasteiger partial charge in [-0.2, -0.15) is 0 Å². The number of ether oxygens (including phenoxy) is 3. The Morgan fingerprint density at radius 2 is 1.61 bits per heavy atom. The molecule has 2 N–H and O–H groups in total. The first-order valence-corrected chi connectivity index (χ1v) is 16.9. The first kappa shape index (κ1) is 30.2. The monoisotopic (exact) mass is 600 g/mol. The predicted molar refractivity (Wildman–Crippen MR) is 167 cm³/mol. The summed E-state index contributed by atoms with van der Waals surface area (Å²) in [5, 5.41) is 22.3. The maximum absolute atomic E-state index is 15.8. The average Bonchev–Trinajstić information content (AvgIpc) is 3.81. The molecule has 0 spiro atoms. The van der Waals surface area contributed by atoms with Gasteiger partial charge in [0.25, 0.3) is 0 Å². The molecule has 4 bridgehead atoms. The van der Waals surface area contributed by atoms with Crippen molar-refractivity contribution in [2.24, 2.45) is 45.8 Å². The summed E-state index contributed by atoms with van der Waals surface area (Å²) < 4.78 is 20.0. The lowest BCUT2D eigenvalue weighted by molar-refractivity contribution is -0.255. The highest BCUT2D eigenvalue weighted by Crippen LogP contribution is 2.85. The van der Waals surface area contributed by atoms with E-state index in [0.717, 1.165) is 42.4 Å². The summed E-state index contributed by atoms with van der Waals surface area (Å²) in [5.74, 6) is 0.886. The number of aliphatic hydroxyl groups is 2. The molecule has 1 saturated heterocycles. The van der Waals surface area contributed by atoms with Gasteiger partial charge in [0.05, 0.1) is 19.3 Å². The van der Waals surface area contributed by atoms with Crippen molar-refractivity contribution in [2.45, 2.75) is 77.8 Å². The summed E-state index contributed by atoms with van der Waals surface area (Å²) in [6, 6.07) is 20.0. The van der Waals surface area contributed by atoms with E-state index in [9.17, 15) is 10.2 Å². The molecular weight excluding hydrogens is 552 g/mol. The fourth-order valence-corrected chi connectivity index (χ4v) is 11.1. The van der Waals surface area contributed by atoms with Crippen LogP contribution in [0.4, 0.5) is 0 Å². The molecule has 8 atom stereocenters. The summed E-state index contributed by atoms with van der Waals surface area (Å²) in [7, 11) is 0. The number of carbonyl (C=O) groups excluding carboxylic acids is 1. The second-order valence-electron chi connectivity index (χ2n) is 14.5. The van der Waals surface area contributed by atoms with Gasteiger partial charge >= 0.3 is 5.97 Å². The summed E-state index contributed by atoms with van der Waals surface area (Å²) in [6.07, 6.45) is 5.00. The fraction of sp³-hybridized carbons (Fsp3) is 0.605. The number of hydrogen-bond donors (Lipinski definition) is 2. The van der Waals surface area contributed by atoms with Crippen molar-refractivity contribution in [3.05, 3.63) is 83.4 Å². The fourth-order valence-electron chi connectivity index (χ4n) is 11.1. The van der Waals surface area contributed by atoms with Gasteiger partial charge in [0.15, 0.2) is 12.4 Å². The molecule has 236 valence electrons. The van der Waals surface area contributed by atoms with Gasteiger partial charge in [-0.3, -0.25) is 4.79 Å². The highest BCUT2D eigenvalue weighted by atomic mass is 16.7. The topological polar surface area (TPSA) is 85.2 Å². The molecule has 4 fully saturated rings. The molecular formula is C38H48O6. The third-order valence-corrected chi connectivity index (χ3v) is 12.5. The van der Waals surface area contributed by atoms with E-state index in [1.165, 1.54) is 0 Å². The van der Waals surface area contributed by atoms with E-state index in [2.05, 4.69) is 26.8 Å². The molecule has 44 heavy (non-hydrogen) atoms. The molecule has 0 amide bonds. The van der Waals surface area contributed by atoms with Gasteiger partial charge < -0.3 is 24.4 Å². The Hall–Kier alpha value is -2.51. The number of benzene rings is 2. The third kappa shape index (κ3) is 3.96. The summed E-state index contributed by atoms with van der Waals surface area (Å²) in [4.78, 5) is 15.8. The zero-order valence-corrected chi connectivity index (χ0v) is 26.4. The van der Waals surface area contributed by atoms with Crippen molar-refractivity contribution in [1.82, 2.24) is 0 Å². The van der Waals surface area contributed by atoms with E-state index in [-0.39, 0.29) is 30.3 Å². The Kier molecular flexibility index (Phi) is 7.80. The number of carbonyl (C=O) groups is 1. The molecule has 3 saturated carbocycles. The van der Waals surface area contributed by atoms with Crippen molar-refractivity contribution in [3.63, 3.8) is 0 Å². The minimum Gasteiger partial charge on any atom is -0.452 e. The van der Waals surface area contributed by atoms with Crippen molar-refractivity contribution in [3.8, 4) is 0 Å². The molecule has 5 unspecified atom stereocenters. The van der Waals surface area contributed by atoms with Gasteiger partial charge in [0.2, 0.25) is 0 Å². The largest absolute Gasteiger partial charge is 0.452 e. The molecule has 2 aromatic carbocycles. The van der Waals surface area contributed by atoms with Gasteiger partial charge in [0, 0.05) is 17.4 Å². The normalized spacial score (nSPS) is 36.6. The molecule has 7 rings (SSSR count). The summed E-state index contributed by atoms with van der Waals surface area (Å²) in [6.45, 7) is 7.72. The van der Waals surface area contributed by atoms with Crippen LogP contribution in [0, 0.1) is 45.8 Å². The number of esters is 1. The van der Waals surface area contributed by atoms with Gasteiger partial charge in [-0.05, 0) is 72.8 Å². The molecule has 1 aliphatic heterocycles. The van der Waals surface area contributed by atoms with Crippen LogP contribution in [-0.2, 0) is 19.0 Å². The smallest absolute Gasteiger partial charge is 0.318 e. The number of allylic oxidation sites excluding steroid dienone is 1. The first-order valence-electron chi connectivity index (χ1n) is 16.9. The second-order valence-corrected chi connectivity index (χ2v) is 14.5. The summed E-state index contributed by atoms with van der Waals surface area (Å²) in [5.41, 5.74) is 0.396. The average molecular weight is 601 g/mol. The Bertz CT molecular complexity index is 1330. The van der Waals surface area contributed by atoms with E-state index in [4.69, 9.17) is 14.2 Å². The Morgan fingerprint density at radius 1 is 0.977 bits per heavy atom. The van der Waals surface area contributed by atoms with Crippen LogP contribution >= 0.6 is 0 Å². The SMILES string of the molecule is CC(C)C1=CC2CC3(C4OCCO4)[C@@H]4CC[C@@H](C)[C@H]4CC2(C(O)CCCO)C13C(=O)OC(c1ccccc1)c1ccccc1. The molecule has 2 aromatic rings. The van der Waals surface area contributed by atoms with Crippen LogP contribution in [0.5, 0.6) is 0 Å². The number of aliphatic hydroxyl groups excluding tert-OH is 2. The molecule has 4 aliphatic carbocycles. The highest BCUT2D eigenvalue weighted by Gasteiger charge is 2.87. The van der Waals surface area contributed by atoms with Gasteiger partial charge in [-0.1, -0.05) is 99.5 Å². The molecule has 6 heteroatoms. The Labute approximate surface area is 261 Å². The van der Waals surface area contributed by atoms with Crippen molar-refractivity contribution in [2.75, 3.05) is 19.8 Å². The predicted octanol–water partition coefficient (Wildman–Crippen LogP) is 6.47. The van der Waals surface area contributed by atoms with Crippen LogP contribution in [0.2, 0.25) is 0 Å². The minimum absolute atomic E-state index is 0.00126. The zero-order valence-electron chi connectivity index (χ0n) is 26.4. The first-order chi connectivity index (χ1) is 21.3. The van der Waals surface area contributed by atoms with Crippen LogP contribution in [0.1, 0.15) is 76.5 Å². The van der Waals surface area contributed by atoms with Crippen LogP contribution in [0.3, 0.4) is 0 Å². The highest BCUT2D eigenvalue weighted by molar-refractivity contribution is 5.87. The van der Waals surface area contributed by atoms with E-state index in [1.54, 1.807) is 0 Å². The van der Waals surface area contributed by atoms with Crippen LogP contribution in [0.15, 0.2) is 72.3 Å². The van der Waals surface area contributed by atoms with Crippen LogP contribution in [-0.4, -0.2) is 48.4 Å². The Morgan fingerprint density at radius 3 is 2.20 bits per heavy atom. The lowest BCUT2D eigenvalue weighted by atomic mass is 9.41. The Balaban J connectivity index is 1.46. The lowest BCUT2D eigenvalue weighted by Crippen LogP contribution is -2.68.